The topological polar surface area (TPSA) is 121 Å². The van der Waals surface area contributed by atoms with Crippen LogP contribution in [-0.2, 0) is 9.36 Å². The minimum Gasteiger partial charge on any atom is -0.480 e. The maximum Gasteiger partial charge on any atom is 0.333 e. The molecule has 1 aromatic carbocycles. The van der Waals surface area contributed by atoms with Crippen molar-refractivity contribution in [3.8, 4) is 0 Å². The van der Waals surface area contributed by atoms with Gasteiger partial charge in [-0.05, 0) is 18.9 Å². The van der Waals surface area contributed by atoms with Crippen molar-refractivity contribution in [2.45, 2.75) is 24.5 Å². The number of nitrogens with two attached hydrogens (primary N) is 1. The summed E-state index contributed by atoms with van der Waals surface area (Å²) < 4.78 is 11.5. The third-order valence-corrected chi connectivity index (χ3v) is 3.99. The maximum absolute atomic E-state index is 11.5. The fraction of sp³-hybridized carbons (Fsp3) is 0.364. The molecule has 0 aromatic heterocycles. The Kier molecular flexibility index (Phi) is 4.29. The summed E-state index contributed by atoms with van der Waals surface area (Å²) in [5.41, 5.74) is 3.02. The number of rotatable bonds is 5. The molecule has 0 aliphatic carbocycles. The molecule has 0 fully saturated rings. The second kappa shape index (κ2) is 5.20. The van der Waals surface area contributed by atoms with Gasteiger partial charge in [0.25, 0.3) is 0 Å². The van der Waals surface area contributed by atoms with E-state index in [1.165, 1.54) is 6.92 Å². The molecule has 0 spiro atoms. The molecule has 5 N–H and O–H groups in total. The number of hydrogen-bond donors (Lipinski definition) is 4. The smallest absolute Gasteiger partial charge is 0.333 e. The summed E-state index contributed by atoms with van der Waals surface area (Å²) in [6.45, 7) is 1.24. The van der Waals surface area contributed by atoms with E-state index in [-0.39, 0.29) is 6.42 Å². The Bertz CT molecular complexity index is 468. The fourth-order valence-electron chi connectivity index (χ4n) is 1.60. The van der Waals surface area contributed by atoms with Crippen molar-refractivity contribution in [2.75, 3.05) is 0 Å². The van der Waals surface area contributed by atoms with E-state index in [0.29, 0.717) is 5.56 Å². The van der Waals surface area contributed by atoms with Crippen molar-refractivity contribution in [1.29, 1.82) is 0 Å². The summed E-state index contributed by atoms with van der Waals surface area (Å²) in [4.78, 5) is 29.6. The molecule has 1 rings (SSSR count). The van der Waals surface area contributed by atoms with Crippen LogP contribution < -0.4 is 5.73 Å². The van der Waals surface area contributed by atoms with Crippen LogP contribution >= 0.6 is 7.60 Å². The molecule has 18 heavy (non-hydrogen) atoms. The minimum absolute atomic E-state index is 0.337. The maximum atomic E-state index is 11.5. The van der Waals surface area contributed by atoms with Crippen molar-refractivity contribution in [3.63, 3.8) is 0 Å². The number of benzene rings is 1. The quantitative estimate of drug-likeness (QED) is 0.596. The van der Waals surface area contributed by atoms with E-state index >= 15 is 0 Å². The van der Waals surface area contributed by atoms with Crippen LogP contribution in [0.3, 0.4) is 0 Å². The first-order valence-corrected chi connectivity index (χ1v) is 6.95. The molecule has 0 saturated carbocycles. The zero-order valence-corrected chi connectivity index (χ0v) is 10.7. The molecule has 0 aliphatic rings. The third-order valence-electron chi connectivity index (χ3n) is 2.70. The molecule has 0 amide bonds. The predicted octanol–water partition coefficient (Wildman–Crippen LogP) is 1.10. The number of carbonyl (C=O) groups is 1. The van der Waals surface area contributed by atoms with Gasteiger partial charge >= 0.3 is 13.6 Å². The van der Waals surface area contributed by atoms with E-state index < -0.39 is 24.8 Å². The summed E-state index contributed by atoms with van der Waals surface area (Å²) in [5, 5.41) is 8.92. The molecule has 0 heterocycles. The predicted molar refractivity (Wildman–Crippen MR) is 66.1 cm³/mol. The molecular formula is C11H16NO5P. The standard InChI is InChI=1S/C11H16NO5P/c1-11(12,10(13)14)7-9(18(15,16)17)8-5-3-2-4-6-8/h2-6,9H,7,12H2,1H3,(H,13,14)(H2,15,16,17)/t9-,11+/m1/s1. The third kappa shape index (κ3) is 3.65. The molecule has 1 aromatic rings. The van der Waals surface area contributed by atoms with Crippen LogP contribution in [0.1, 0.15) is 24.6 Å². The van der Waals surface area contributed by atoms with Crippen LogP contribution in [0.5, 0.6) is 0 Å². The van der Waals surface area contributed by atoms with Crippen LogP contribution in [-0.4, -0.2) is 26.4 Å². The number of carboxylic acids is 1. The highest BCUT2D eigenvalue weighted by Gasteiger charge is 2.39. The summed E-state index contributed by atoms with van der Waals surface area (Å²) in [6, 6.07) is 8.06. The van der Waals surface area contributed by atoms with E-state index in [2.05, 4.69) is 0 Å². The monoisotopic (exact) mass is 273 g/mol. The highest BCUT2D eigenvalue weighted by atomic mass is 31.2. The Morgan fingerprint density at radius 3 is 2.28 bits per heavy atom. The minimum atomic E-state index is -4.48. The summed E-state index contributed by atoms with van der Waals surface area (Å²) >= 11 is 0. The lowest BCUT2D eigenvalue weighted by molar-refractivity contribution is -0.142. The fourth-order valence-corrected chi connectivity index (χ4v) is 2.77. The molecule has 0 radical (unpaired) electrons. The average Bonchev–Trinajstić information content (AvgIpc) is 2.25. The first-order valence-electron chi connectivity index (χ1n) is 5.27. The van der Waals surface area contributed by atoms with E-state index in [0.717, 1.165) is 0 Å². The van der Waals surface area contributed by atoms with Gasteiger partial charge in [-0.3, -0.25) is 9.36 Å². The van der Waals surface area contributed by atoms with Crippen LogP contribution in [0.2, 0.25) is 0 Å². The van der Waals surface area contributed by atoms with E-state index in [1.807, 2.05) is 0 Å². The zero-order chi connectivity index (χ0) is 14.0. The Hall–Kier alpha value is -1.20. The van der Waals surface area contributed by atoms with Gasteiger partial charge in [-0.1, -0.05) is 30.3 Å². The number of carboxylic acid groups (broad SMARTS) is 1. The molecule has 6 nitrogen and oxygen atoms in total. The van der Waals surface area contributed by atoms with Gasteiger partial charge in [-0.2, -0.15) is 0 Å². The van der Waals surface area contributed by atoms with Crippen LogP contribution in [0.15, 0.2) is 30.3 Å². The average molecular weight is 273 g/mol. The molecule has 7 heteroatoms. The normalized spacial score (nSPS) is 16.9. The Balaban J connectivity index is 3.10. The van der Waals surface area contributed by atoms with Gasteiger partial charge in [0.1, 0.15) is 5.54 Å². The van der Waals surface area contributed by atoms with Crippen molar-refractivity contribution in [2.24, 2.45) is 5.73 Å². The van der Waals surface area contributed by atoms with Gasteiger partial charge in [0.2, 0.25) is 0 Å². The van der Waals surface area contributed by atoms with Crippen molar-refractivity contribution in [3.05, 3.63) is 35.9 Å². The highest BCUT2D eigenvalue weighted by Crippen LogP contribution is 2.54. The first kappa shape index (κ1) is 14.9. The molecule has 100 valence electrons. The van der Waals surface area contributed by atoms with Gasteiger partial charge in [0.05, 0.1) is 5.66 Å². The second-order valence-electron chi connectivity index (χ2n) is 4.44. The Labute approximate surface area is 105 Å². The van der Waals surface area contributed by atoms with Crippen molar-refractivity contribution in [1.82, 2.24) is 0 Å². The lowest BCUT2D eigenvalue weighted by atomic mass is 9.94. The lowest BCUT2D eigenvalue weighted by Crippen LogP contribution is -2.46. The van der Waals surface area contributed by atoms with Gasteiger partial charge in [-0.15, -0.1) is 0 Å². The highest BCUT2D eigenvalue weighted by molar-refractivity contribution is 7.52. The summed E-state index contributed by atoms with van der Waals surface area (Å²) in [6.07, 6.45) is -0.337. The van der Waals surface area contributed by atoms with E-state index in [1.54, 1.807) is 30.3 Å². The molecule has 2 atom stereocenters. The number of hydrogen-bond acceptors (Lipinski definition) is 3. The lowest BCUT2D eigenvalue weighted by Gasteiger charge is -2.26. The molecular weight excluding hydrogens is 257 g/mol. The van der Waals surface area contributed by atoms with Crippen molar-refractivity contribution < 1.29 is 24.3 Å². The zero-order valence-electron chi connectivity index (χ0n) is 9.85. The molecule has 0 aliphatic heterocycles. The van der Waals surface area contributed by atoms with Crippen LogP contribution in [0.4, 0.5) is 0 Å². The Morgan fingerprint density at radius 1 is 1.39 bits per heavy atom. The van der Waals surface area contributed by atoms with E-state index in [9.17, 15) is 19.1 Å². The van der Waals surface area contributed by atoms with E-state index in [4.69, 9.17) is 10.8 Å². The molecule has 0 saturated heterocycles. The summed E-state index contributed by atoms with van der Waals surface area (Å²) in [5.74, 6) is -1.29. The largest absolute Gasteiger partial charge is 0.480 e. The van der Waals surface area contributed by atoms with Crippen molar-refractivity contribution >= 4 is 13.6 Å². The first-order chi connectivity index (χ1) is 8.14. The van der Waals surface area contributed by atoms with Crippen LogP contribution in [0, 0.1) is 0 Å². The second-order valence-corrected chi connectivity index (χ2v) is 6.24. The number of aliphatic carboxylic acids is 1. The van der Waals surface area contributed by atoms with Crippen LogP contribution in [0.25, 0.3) is 0 Å². The molecule has 0 bridgehead atoms. The SMILES string of the molecule is C[C@](N)(C[C@H](c1ccccc1)P(=O)(O)O)C(=O)O. The van der Waals surface area contributed by atoms with Gasteiger partial charge in [0, 0.05) is 0 Å². The summed E-state index contributed by atoms with van der Waals surface area (Å²) in [7, 11) is -4.48. The Morgan fingerprint density at radius 2 is 1.89 bits per heavy atom. The van der Waals surface area contributed by atoms with Gasteiger partial charge in [-0.25, -0.2) is 0 Å². The molecule has 0 unspecified atom stereocenters. The van der Waals surface area contributed by atoms with Gasteiger partial charge < -0.3 is 20.6 Å². The van der Waals surface area contributed by atoms with Gasteiger partial charge in [0.15, 0.2) is 0 Å².